The van der Waals surface area contributed by atoms with Crippen molar-refractivity contribution in [2.45, 2.75) is 51.5 Å². The van der Waals surface area contributed by atoms with Gasteiger partial charge in [-0.2, -0.15) is 10.2 Å². The van der Waals surface area contributed by atoms with Crippen LogP contribution in [0.3, 0.4) is 0 Å². The van der Waals surface area contributed by atoms with Gasteiger partial charge in [-0.15, -0.1) is 12.4 Å². The van der Waals surface area contributed by atoms with E-state index in [9.17, 15) is 10.1 Å². The van der Waals surface area contributed by atoms with Gasteiger partial charge in [0.05, 0.1) is 17.3 Å². The molecule has 0 bridgehead atoms. The molecule has 4 N–H and O–H groups in total. The van der Waals surface area contributed by atoms with Gasteiger partial charge in [0.15, 0.2) is 0 Å². The summed E-state index contributed by atoms with van der Waals surface area (Å²) in [7, 11) is 0. The largest absolute Gasteiger partial charge is 0.399 e. The average Bonchev–Trinajstić information content (AvgIpc) is 2.72. The maximum atomic E-state index is 11.5. The fourth-order valence-corrected chi connectivity index (χ4v) is 4.38. The van der Waals surface area contributed by atoms with Crippen LogP contribution in [0, 0.1) is 11.3 Å². The number of nitriles is 1. The van der Waals surface area contributed by atoms with Crippen LogP contribution in [0.2, 0.25) is 0 Å². The highest BCUT2D eigenvalue weighted by molar-refractivity contribution is 5.85. The highest BCUT2D eigenvalue weighted by Crippen LogP contribution is 2.32. The number of carbonyl (C=O) groups is 1. The highest BCUT2D eigenvalue weighted by Gasteiger charge is 2.26. The molecule has 2 aliphatic rings. The normalized spacial score (nSPS) is 17.7. The lowest BCUT2D eigenvalue weighted by molar-refractivity contribution is -0.119. The number of hydrogen-bond donors (Lipinski definition) is 3. The summed E-state index contributed by atoms with van der Waals surface area (Å²) in [6.45, 7) is 3.23. The Hall–Kier alpha value is -3.05. The summed E-state index contributed by atoms with van der Waals surface area (Å²) < 4.78 is 0. The van der Waals surface area contributed by atoms with Gasteiger partial charge in [-0.05, 0) is 56.7 Å². The molecule has 164 valence electrons. The van der Waals surface area contributed by atoms with Crippen molar-refractivity contribution in [3.8, 4) is 6.07 Å². The number of hydrogen-bond acceptors (Lipinski definition) is 7. The van der Waals surface area contributed by atoms with E-state index in [2.05, 4.69) is 21.6 Å². The molecule has 1 aliphatic heterocycles. The Kier molecular flexibility index (Phi) is 7.18. The lowest BCUT2D eigenvalue weighted by atomic mass is 9.95. The summed E-state index contributed by atoms with van der Waals surface area (Å²) in [6.07, 6.45) is 6.15. The average molecular weight is 442 g/mol. The van der Waals surface area contributed by atoms with E-state index in [1.54, 1.807) is 25.1 Å². The Labute approximate surface area is 188 Å². The zero-order valence-corrected chi connectivity index (χ0v) is 18.5. The minimum Gasteiger partial charge on any atom is -0.399 e. The maximum absolute atomic E-state index is 11.5. The molecule has 1 atom stereocenters. The van der Waals surface area contributed by atoms with E-state index in [0.717, 1.165) is 63.1 Å². The number of benzene rings is 1. The summed E-state index contributed by atoms with van der Waals surface area (Å²) in [5.74, 6) is 1.48. The van der Waals surface area contributed by atoms with Crippen molar-refractivity contribution < 1.29 is 4.79 Å². The zero-order chi connectivity index (χ0) is 21.1. The maximum Gasteiger partial charge on any atom is 0.229 e. The first kappa shape index (κ1) is 22.6. The fourth-order valence-electron chi connectivity index (χ4n) is 4.38. The van der Waals surface area contributed by atoms with Crippen molar-refractivity contribution >= 4 is 41.5 Å². The van der Waals surface area contributed by atoms with Crippen LogP contribution in [0.1, 0.15) is 49.4 Å². The molecule has 9 heteroatoms. The van der Waals surface area contributed by atoms with Gasteiger partial charge in [-0.3, -0.25) is 4.79 Å². The molecular weight excluding hydrogens is 414 g/mol. The Morgan fingerprint density at radius 1 is 1.23 bits per heavy atom. The second-order valence-electron chi connectivity index (χ2n) is 8.07. The van der Waals surface area contributed by atoms with Gasteiger partial charge in [0.2, 0.25) is 11.9 Å². The molecule has 2 aromatic rings. The van der Waals surface area contributed by atoms with Crippen LogP contribution in [-0.4, -0.2) is 35.0 Å². The molecule has 0 spiro atoms. The molecule has 8 nitrogen and oxygen atoms in total. The third-order valence-corrected chi connectivity index (χ3v) is 5.63. The highest BCUT2D eigenvalue weighted by atomic mass is 35.5. The molecule has 4 rings (SSSR count). The number of nitrogens with zero attached hydrogens (tertiary/aromatic N) is 4. The van der Waals surface area contributed by atoms with E-state index in [1.165, 1.54) is 5.56 Å². The van der Waals surface area contributed by atoms with E-state index >= 15 is 0 Å². The zero-order valence-electron chi connectivity index (χ0n) is 17.6. The van der Waals surface area contributed by atoms with E-state index in [4.69, 9.17) is 15.7 Å². The van der Waals surface area contributed by atoms with Crippen LogP contribution in [0.4, 0.5) is 23.1 Å². The Morgan fingerprint density at radius 3 is 2.81 bits per heavy atom. The van der Waals surface area contributed by atoms with E-state index in [-0.39, 0.29) is 24.4 Å². The molecule has 0 radical (unpaired) electrons. The molecule has 2 heterocycles. The predicted octanol–water partition coefficient (Wildman–Crippen LogP) is 3.08. The predicted molar refractivity (Wildman–Crippen MR) is 124 cm³/mol. The van der Waals surface area contributed by atoms with Crippen molar-refractivity contribution in [3.63, 3.8) is 0 Å². The van der Waals surface area contributed by atoms with Crippen LogP contribution >= 0.6 is 12.4 Å². The molecule has 0 saturated carbocycles. The van der Waals surface area contributed by atoms with E-state index < -0.39 is 0 Å². The molecule has 1 aromatic carbocycles. The minimum absolute atomic E-state index is 0. The van der Waals surface area contributed by atoms with Gasteiger partial charge in [0.1, 0.15) is 5.82 Å². The second kappa shape index (κ2) is 9.84. The molecular formula is C22H28ClN7O. The summed E-state index contributed by atoms with van der Waals surface area (Å²) >= 11 is 0. The minimum atomic E-state index is 0. The first-order valence-corrected chi connectivity index (χ1v) is 10.5. The van der Waals surface area contributed by atoms with Gasteiger partial charge in [-0.1, -0.05) is 0 Å². The molecule has 1 aromatic heterocycles. The topological polar surface area (TPSA) is 120 Å². The Balaban J connectivity index is 0.00000272. The number of nitrogens with one attached hydrogen (secondary N) is 2. The van der Waals surface area contributed by atoms with Crippen LogP contribution in [0.5, 0.6) is 0 Å². The van der Waals surface area contributed by atoms with Crippen LogP contribution in [0.25, 0.3) is 0 Å². The fraction of sp³-hybridized carbons (Fsp3) is 0.455. The second-order valence-corrected chi connectivity index (χ2v) is 8.07. The number of piperidine rings is 1. The van der Waals surface area contributed by atoms with Crippen LogP contribution in [-0.2, 0) is 17.6 Å². The lowest BCUT2D eigenvalue weighted by Gasteiger charge is -2.36. The van der Waals surface area contributed by atoms with Crippen LogP contribution in [0.15, 0.2) is 18.2 Å². The number of fused-ring (bicyclic) bond motifs is 1. The van der Waals surface area contributed by atoms with Crippen molar-refractivity contribution in [1.82, 2.24) is 15.3 Å². The van der Waals surface area contributed by atoms with Crippen molar-refractivity contribution in [1.29, 1.82) is 5.26 Å². The van der Waals surface area contributed by atoms with Gasteiger partial charge in [0.25, 0.3) is 0 Å². The summed E-state index contributed by atoms with van der Waals surface area (Å²) in [4.78, 5) is 23.5. The van der Waals surface area contributed by atoms with Gasteiger partial charge < -0.3 is 21.3 Å². The molecule has 1 aliphatic carbocycles. The van der Waals surface area contributed by atoms with Crippen molar-refractivity contribution in [2.75, 3.05) is 29.0 Å². The molecule has 1 unspecified atom stereocenters. The molecule has 1 amide bonds. The smallest absolute Gasteiger partial charge is 0.229 e. The Morgan fingerprint density at radius 2 is 2.03 bits per heavy atom. The molecule has 1 fully saturated rings. The first-order chi connectivity index (χ1) is 14.5. The molecule has 31 heavy (non-hydrogen) atoms. The number of nitrogens with two attached hydrogens (primary N) is 1. The first-order valence-electron chi connectivity index (χ1n) is 10.5. The third kappa shape index (κ3) is 5.36. The van der Waals surface area contributed by atoms with Gasteiger partial charge in [0, 0.05) is 43.0 Å². The van der Waals surface area contributed by atoms with E-state index in [0.29, 0.717) is 22.9 Å². The number of rotatable bonds is 4. The van der Waals surface area contributed by atoms with Crippen LogP contribution < -0.4 is 21.3 Å². The summed E-state index contributed by atoms with van der Waals surface area (Å²) in [5, 5.41) is 15.5. The van der Waals surface area contributed by atoms with Crippen molar-refractivity contribution in [3.05, 3.63) is 35.0 Å². The van der Waals surface area contributed by atoms with Gasteiger partial charge in [-0.25, -0.2) is 4.98 Å². The number of amides is 1. The lowest BCUT2D eigenvalue weighted by Crippen LogP contribution is -2.48. The molecule has 1 saturated heterocycles. The van der Waals surface area contributed by atoms with Crippen molar-refractivity contribution in [2.24, 2.45) is 0 Å². The SMILES string of the molecule is CC(=O)NC1CCCN(c2nc(Nc3cc(N)cc(C#N)c3)nc3c2CCCC3)C1.Cl. The third-order valence-electron chi connectivity index (χ3n) is 5.63. The number of carbonyl (C=O) groups excluding carboxylic acids is 1. The number of nitrogen functional groups attached to an aromatic ring is 1. The quantitative estimate of drug-likeness (QED) is 0.623. The number of halogens is 1. The Bertz CT molecular complexity index is 1000. The van der Waals surface area contributed by atoms with Gasteiger partial charge >= 0.3 is 0 Å². The van der Waals surface area contributed by atoms with E-state index in [1.807, 2.05) is 0 Å². The standard InChI is InChI=1S/C22H27N7O.ClH/c1-14(30)25-17-5-4-8-29(13-17)21-19-6-2-3-7-20(19)27-22(28-21)26-18-10-15(12-23)9-16(24)11-18;/h9-11,17H,2-8,13,24H2,1H3,(H,25,30)(H,26,27,28);1H. The number of aryl methyl sites for hydroxylation is 1. The number of anilines is 4. The monoisotopic (exact) mass is 441 g/mol. The number of aromatic nitrogens is 2. The summed E-state index contributed by atoms with van der Waals surface area (Å²) in [5.41, 5.74) is 9.94. The summed E-state index contributed by atoms with van der Waals surface area (Å²) in [6, 6.07) is 7.41.